The molecule has 5 nitrogen and oxygen atoms in total. The monoisotopic (exact) mass is 413 g/mol. The minimum absolute atomic E-state index is 0.0182. The van der Waals surface area contributed by atoms with Crippen molar-refractivity contribution in [3.8, 4) is 22.4 Å². The van der Waals surface area contributed by atoms with Crippen molar-refractivity contribution in [3.05, 3.63) is 112 Å². The summed E-state index contributed by atoms with van der Waals surface area (Å²) < 4.78 is 14.3. The summed E-state index contributed by atoms with van der Waals surface area (Å²) in [6.45, 7) is 0.166. The van der Waals surface area contributed by atoms with Crippen molar-refractivity contribution in [1.29, 1.82) is 0 Å². The van der Waals surface area contributed by atoms with E-state index in [0.717, 1.165) is 16.7 Å². The van der Waals surface area contributed by atoms with E-state index in [1.165, 1.54) is 23.9 Å². The molecule has 154 valence electrons. The SMILES string of the molecule is Cn1nc(-c2ccccc2)c(-c2ccccc2)c(C(=O)NCc2ccc(F)cc2)c1=O. The molecule has 0 fully saturated rings. The van der Waals surface area contributed by atoms with Crippen molar-refractivity contribution < 1.29 is 9.18 Å². The number of nitrogens with one attached hydrogen (secondary N) is 1. The summed E-state index contributed by atoms with van der Waals surface area (Å²) in [5.41, 5.74) is 2.79. The largest absolute Gasteiger partial charge is 0.348 e. The Balaban J connectivity index is 1.84. The molecule has 6 heteroatoms. The molecule has 1 amide bonds. The Bertz CT molecular complexity index is 1270. The summed E-state index contributed by atoms with van der Waals surface area (Å²) >= 11 is 0. The maximum atomic E-state index is 13.2. The summed E-state index contributed by atoms with van der Waals surface area (Å²) in [4.78, 5) is 26.2. The third-order valence-corrected chi connectivity index (χ3v) is 4.95. The second-order valence-electron chi connectivity index (χ2n) is 7.07. The van der Waals surface area contributed by atoms with Crippen LogP contribution in [0.15, 0.2) is 89.7 Å². The molecule has 0 aliphatic rings. The van der Waals surface area contributed by atoms with Gasteiger partial charge < -0.3 is 5.32 Å². The Hall–Kier alpha value is -4.06. The first-order valence-electron chi connectivity index (χ1n) is 9.79. The van der Waals surface area contributed by atoms with Crippen LogP contribution in [0.1, 0.15) is 15.9 Å². The molecule has 0 bridgehead atoms. The molecule has 1 aromatic heterocycles. The van der Waals surface area contributed by atoms with E-state index in [0.29, 0.717) is 11.3 Å². The van der Waals surface area contributed by atoms with Crippen LogP contribution in [0.2, 0.25) is 0 Å². The van der Waals surface area contributed by atoms with E-state index in [2.05, 4.69) is 10.4 Å². The Morgan fingerprint density at radius 1 is 0.903 bits per heavy atom. The van der Waals surface area contributed by atoms with E-state index in [4.69, 9.17) is 0 Å². The quantitative estimate of drug-likeness (QED) is 0.534. The lowest BCUT2D eigenvalue weighted by Gasteiger charge is -2.16. The van der Waals surface area contributed by atoms with Gasteiger partial charge in [-0.25, -0.2) is 9.07 Å². The number of hydrogen-bond donors (Lipinski definition) is 1. The van der Waals surface area contributed by atoms with Gasteiger partial charge in [-0.1, -0.05) is 72.8 Å². The average Bonchev–Trinajstić information content (AvgIpc) is 2.81. The van der Waals surface area contributed by atoms with Crippen molar-refractivity contribution in [1.82, 2.24) is 15.1 Å². The van der Waals surface area contributed by atoms with Gasteiger partial charge in [0.1, 0.15) is 11.4 Å². The highest BCUT2D eigenvalue weighted by molar-refractivity contribution is 6.03. The van der Waals surface area contributed by atoms with Crippen LogP contribution in [-0.2, 0) is 13.6 Å². The standard InChI is InChI=1S/C25H20FN3O2/c1-29-25(31)22(24(30)27-16-17-12-14-20(26)15-13-17)21(18-8-4-2-5-9-18)23(28-29)19-10-6-3-7-11-19/h2-15H,16H2,1H3,(H,27,30). The molecule has 0 atom stereocenters. The number of rotatable bonds is 5. The van der Waals surface area contributed by atoms with Gasteiger partial charge in [0, 0.05) is 24.7 Å². The molecule has 0 saturated carbocycles. The molecule has 0 aliphatic heterocycles. The van der Waals surface area contributed by atoms with Gasteiger partial charge in [0.05, 0.1) is 5.69 Å². The van der Waals surface area contributed by atoms with Crippen LogP contribution < -0.4 is 10.9 Å². The number of nitrogens with zero attached hydrogens (tertiary/aromatic N) is 2. The minimum Gasteiger partial charge on any atom is -0.348 e. The Morgan fingerprint density at radius 3 is 2.10 bits per heavy atom. The lowest BCUT2D eigenvalue weighted by Crippen LogP contribution is -2.34. The first-order valence-corrected chi connectivity index (χ1v) is 9.79. The van der Waals surface area contributed by atoms with E-state index in [1.807, 2.05) is 60.7 Å². The summed E-state index contributed by atoms with van der Waals surface area (Å²) in [7, 11) is 1.53. The number of hydrogen-bond acceptors (Lipinski definition) is 3. The molecule has 3 aromatic carbocycles. The molecule has 31 heavy (non-hydrogen) atoms. The molecule has 1 heterocycles. The number of aryl methyl sites for hydroxylation is 1. The Labute approximate surface area is 178 Å². The number of benzene rings is 3. The first kappa shape index (κ1) is 20.2. The van der Waals surface area contributed by atoms with Crippen LogP contribution >= 0.6 is 0 Å². The van der Waals surface area contributed by atoms with Gasteiger partial charge in [0.2, 0.25) is 0 Å². The summed E-state index contributed by atoms with van der Waals surface area (Å²) in [6, 6.07) is 24.5. The van der Waals surface area contributed by atoms with Crippen molar-refractivity contribution in [3.63, 3.8) is 0 Å². The average molecular weight is 413 g/mol. The van der Waals surface area contributed by atoms with Crippen LogP contribution in [0, 0.1) is 5.82 Å². The fourth-order valence-corrected chi connectivity index (χ4v) is 3.40. The molecule has 0 radical (unpaired) electrons. The van der Waals surface area contributed by atoms with Gasteiger partial charge in [-0.05, 0) is 23.3 Å². The van der Waals surface area contributed by atoms with Crippen molar-refractivity contribution >= 4 is 5.91 Å². The molecule has 0 unspecified atom stereocenters. The zero-order valence-electron chi connectivity index (χ0n) is 16.9. The highest BCUT2D eigenvalue weighted by Gasteiger charge is 2.24. The molecular weight excluding hydrogens is 393 g/mol. The van der Waals surface area contributed by atoms with Crippen LogP contribution in [0.3, 0.4) is 0 Å². The fourth-order valence-electron chi connectivity index (χ4n) is 3.40. The van der Waals surface area contributed by atoms with Gasteiger partial charge in [0.15, 0.2) is 0 Å². The number of carbonyl (C=O) groups is 1. The summed E-state index contributed by atoms with van der Waals surface area (Å²) in [6.07, 6.45) is 0. The van der Waals surface area contributed by atoms with Gasteiger partial charge in [-0.3, -0.25) is 9.59 Å². The zero-order chi connectivity index (χ0) is 21.8. The van der Waals surface area contributed by atoms with E-state index in [9.17, 15) is 14.0 Å². The fraction of sp³-hybridized carbons (Fsp3) is 0.0800. The van der Waals surface area contributed by atoms with Gasteiger partial charge in [-0.15, -0.1) is 0 Å². The number of carbonyl (C=O) groups excluding carboxylic acids is 1. The second kappa shape index (κ2) is 8.75. The van der Waals surface area contributed by atoms with E-state index < -0.39 is 11.5 Å². The maximum absolute atomic E-state index is 13.2. The van der Waals surface area contributed by atoms with Crippen molar-refractivity contribution in [2.24, 2.45) is 7.05 Å². The van der Waals surface area contributed by atoms with E-state index in [1.54, 1.807) is 12.1 Å². The Morgan fingerprint density at radius 2 is 1.48 bits per heavy atom. The van der Waals surface area contributed by atoms with E-state index >= 15 is 0 Å². The van der Waals surface area contributed by atoms with Gasteiger partial charge >= 0.3 is 0 Å². The highest BCUT2D eigenvalue weighted by Crippen LogP contribution is 2.31. The topological polar surface area (TPSA) is 64.0 Å². The molecule has 4 rings (SSSR count). The molecule has 0 spiro atoms. The second-order valence-corrected chi connectivity index (χ2v) is 7.07. The first-order chi connectivity index (χ1) is 15.0. The van der Waals surface area contributed by atoms with E-state index in [-0.39, 0.29) is 17.9 Å². The van der Waals surface area contributed by atoms with Crippen LogP contribution in [0.5, 0.6) is 0 Å². The maximum Gasteiger partial charge on any atom is 0.280 e. The van der Waals surface area contributed by atoms with Crippen LogP contribution in [0.4, 0.5) is 4.39 Å². The predicted molar refractivity (Wildman–Crippen MR) is 118 cm³/mol. The smallest absolute Gasteiger partial charge is 0.280 e. The molecule has 0 saturated heterocycles. The predicted octanol–water partition coefficient (Wildman–Crippen LogP) is 4.18. The number of halogens is 1. The van der Waals surface area contributed by atoms with Gasteiger partial charge in [-0.2, -0.15) is 5.10 Å². The van der Waals surface area contributed by atoms with Crippen LogP contribution in [0.25, 0.3) is 22.4 Å². The van der Waals surface area contributed by atoms with Gasteiger partial charge in [0.25, 0.3) is 11.5 Å². The highest BCUT2D eigenvalue weighted by atomic mass is 19.1. The zero-order valence-corrected chi connectivity index (χ0v) is 16.9. The lowest BCUT2D eigenvalue weighted by atomic mass is 9.95. The minimum atomic E-state index is -0.511. The molecular formula is C25H20FN3O2. The Kier molecular flexibility index (Phi) is 5.71. The lowest BCUT2D eigenvalue weighted by molar-refractivity contribution is 0.0949. The molecule has 1 N–H and O–H groups in total. The van der Waals surface area contributed by atoms with Crippen molar-refractivity contribution in [2.45, 2.75) is 6.54 Å². The van der Waals surface area contributed by atoms with Crippen LogP contribution in [-0.4, -0.2) is 15.7 Å². The summed E-state index contributed by atoms with van der Waals surface area (Å²) in [5, 5.41) is 7.26. The van der Waals surface area contributed by atoms with Crippen molar-refractivity contribution in [2.75, 3.05) is 0 Å². The third-order valence-electron chi connectivity index (χ3n) is 4.95. The molecule has 0 aliphatic carbocycles. The summed E-state index contributed by atoms with van der Waals surface area (Å²) in [5.74, 6) is -0.861. The third kappa shape index (κ3) is 4.28. The normalized spacial score (nSPS) is 10.6. The number of amides is 1. The molecule has 4 aromatic rings. The number of aromatic nitrogens is 2.